The zero-order valence-corrected chi connectivity index (χ0v) is 15.0. The number of hydrogen-bond donors (Lipinski definition) is 0. The average Bonchev–Trinajstić information content (AvgIpc) is 2.63. The summed E-state index contributed by atoms with van der Waals surface area (Å²) in [7, 11) is 0. The Kier molecular flexibility index (Phi) is 6.01. The van der Waals surface area contributed by atoms with Gasteiger partial charge in [-0.2, -0.15) is 0 Å². The quantitative estimate of drug-likeness (QED) is 0.463. The summed E-state index contributed by atoms with van der Waals surface area (Å²) in [6, 6.07) is 9.87. The van der Waals surface area contributed by atoms with Crippen molar-refractivity contribution in [1.29, 1.82) is 0 Å². The summed E-state index contributed by atoms with van der Waals surface area (Å²) < 4.78 is 28.0. The Labute approximate surface area is 149 Å². The number of allylic oxidation sites excluding steroid dienone is 1. The van der Waals surface area contributed by atoms with Crippen LogP contribution < -0.4 is 0 Å². The highest BCUT2D eigenvalue weighted by atomic mass is 19.1. The lowest BCUT2D eigenvalue weighted by atomic mass is 9.87. The van der Waals surface area contributed by atoms with E-state index >= 15 is 0 Å². The van der Waals surface area contributed by atoms with Gasteiger partial charge in [0.1, 0.15) is 11.6 Å². The van der Waals surface area contributed by atoms with Crippen LogP contribution in [0, 0.1) is 11.6 Å². The number of fused-ring (bicyclic) bond motifs is 1. The maximum absolute atomic E-state index is 14.9. The van der Waals surface area contributed by atoms with Crippen molar-refractivity contribution in [2.45, 2.75) is 58.3 Å². The van der Waals surface area contributed by atoms with Crippen LogP contribution in [0.25, 0.3) is 17.2 Å². The van der Waals surface area contributed by atoms with Crippen LogP contribution in [-0.2, 0) is 6.42 Å². The summed E-state index contributed by atoms with van der Waals surface area (Å²) >= 11 is 0. The van der Waals surface area contributed by atoms with E-state index in [1.165, 1.54) is 49.8 Å². The molecule has 0 saturated carbocycles. The van der Waals surface area contributed by atoms with E-state index in [9.17, 15) is 8.78 Å². The molecule has 3 rings (SSSR count). The standard InChI is InChI=1S/C23H26F2/c1-2-3-4-5-6-7-17-8-14-22-19(16-17)11-15-21(23(22)25)18-9-12-20(24)13-10-18/h9-13,15-16H,2-8,14H2,1H3. The molecule has 1 aliphatic carbocycles. The van der Waals surface area contributed by atoms with Gasteiger partial charge in [-0.25, -0.2) is 8.78 Å². The van der Waals surface area contributed by atoms with Crippen LogP contribution in [0.4, 0.5) is 8.78 Å². The normalized spacial score (nSPS) is 13.5. The third-order valence-electron chi connectivity index (χ3n) is 5.09. The second-order valence-corrected chi connectivity index (χ2v) is 6.97. The Balaban J connectivity index is 1.74. The summed E-state index contributed by atoms with van der Waals surface area (Å²) in [5.74, 6) is -0.448. The fourth-order valence-electron chi connectivity index (χ4n) is 3.61. The number of benzene rings is 2. The van der Waals surface area contributed by atoms with Gasteiger partial charge < -0.3 is 0 Å². The summed E-state index contributed by atoms with van der Waals surface area (Å²) in [5, 5.41) is 0. The van der Waals surface area contributed by atoms with E-state index in [2.05, 4.69) is 13.0 Å². The third kappa shape index (κ3) is 4.36. The van der Waals surface area contributed by atoms with Crippen LogP contribution in [-0.4, -0.2) is 0 Å². The minimum atomic E-state index is -0.298. The van der Waals surface area contributed by atoms with Gasteiger partial charge in [0.25, 0.3) is 0 Å². The fourth-order valence-corrected chi connectivity index (χ4v) is 3.61. The Bertz CT molecular complexity index is 741. The Morgan fingerprint density at radius 2 is 1.60 bits per heavy atom. The average molecular weight is 340 g/mol. The van der Waals surface area contributed by atoms with Crippen molar-refractivity contribution in [2.24, 2.45) is 0 Å². The smallest absolute Gasteiger partial charge is 0.134 e. The SMILES string of the molecule is CCCCCCCC1=Cc2ccc(-c3ccc(F)cc3)c(F)c2CC1. The monoisotopic (exact) mass is 340 g/mol. The second kappa shape index (κ2) is 8.42. The maximum Gasteiger partial charge on any atom is 0.134 e. The van der Waals surface area contributed by atoms with Gasteiger partial charge in [0.05, 0.1) is 0 Å². The first-order valence-electron chi connectivity index (χ1n) is 9.46. The molecule has 0 heterocycles. The zero-order valence-electron chi connectivity index (χ0n) is 15.0. The predicted octanol–water partition coefficient (Wildman–Crippen LogP) is 7.32. The number of unbranched alkanes of at least 4 members (excludes halogenated alkanes) is 4. The minimum absolute atomic E-state index is 0.151. The fraction of sp³-hybridized carbons (Fsp3) is 0.391. The molecule has 0 fully saturated rings. The molecule has 2 aromatic carbocycles. The minimum Gasteiger partial charge on any atom is -0.207 e. The molecule has 132 valence electrons. The number of rotatable bonds is 7. The molecule has 1 aliphatic rings. The first kappa shape index (κ1) is 17.8. The van der Waals surface area contributed by atoms with Gasteiger partial charge in [0, 0.05) is 5.56 Å². The molecule has 0 saturated heterocycles. The maximum atomic E-state index is 14.9. The van der Waals surface area contributed by atoms with Crippen molar-refractivity contribution < 1.29 is 8.78 Å². The predicted molar refractivity (Wildman–Crippen MR) is 101 cm³/mol. The summed E-state index contributed by atoms with van der Waals surface area (Å²) in [6.45, 7) is 2.23. The number of halogens is 2. The molecule has 0 nitrogen and oxygen atoms in total. The lowest BCUT2D eigenvalue weighted by Gasteiger charge is -2.19. The molecule has 0 aliphatic heterocycles. The largest absolute Gasteiger partial charge is 0.207 e. The van der Waals surface area contributed by atoms with Gasteiger partial charge in [0.2, 0.25) is 0 Å². The van der Waals surface area contributed by atoms with Gasteiger partial charge in [0.15, 0.2) is 0 Å². The Morgan fingerprint density at radius 1 is 0.840 bits per heavy atom. The lowest BCUT2D eigenvalue weighted by Crippen LogP contribution is -2.04. The highest BCUT2D eigenvalue weighted by molar-refractivity contribution is 5.70. The van der Waals surface area contributed by atoms with Gasteiger partial charge in [-0.15, -0.1) is 0 Å². The van der Waals surface area contributed by atoms with E-state index < -0.39 is 0 Å². The van der Waals surface area contributed by atoms with E-state index in [1.807, 2.05) is 12.1 Å². The van der Waals surface area contributed by atoms with Crippen LogP contribution in [0.15, 0.2) is 42.0 Å². The molecular formula is C23H26F2. The first-order valence-corrected chi connectivity index (χ1v) is 9.46. The van der Waals surface area contributed by atoms with Crippen molar-refractivity contribution in [3.8, 4) is 11.1 Å². The molecule has 0 spiro atoms. The van der Waals surface area contributed by atoms with Crippen molar-refractivity contribution in [1.82, 2.24) is 0 Å². The van der Waals surface area contributed by atoms with Gasteiger partial charge in [-0.3, -0.25) is 0 Å². The van der Waals surface area contributed by atoms with Crippen LogP contribution >= 0.6 is 0 Å². The van der Waals surface area contributed by atoms with E-state index in [0.29, 0.717) is 5.56 Å². The van der Waals surface area contributed by atoms with Crippen molar-refractivity contribution in [3.05, 3.63) is 64.7 Å². The molecule has 0 unspecified atom stereocenters. The highest BCUT2D eigenvalue weighted by Gasteiger charge is 2.17. The summed E-state index contributed by atoms with van der Waals surface area (Å²) in [6.07, 6.45) is 11.4. The van der Waals surface area contributed by atoms with Crippen molar-refractivity contribution >= 4 is 6.08 Å². The molecule has 2 heteroatoms. The Morgan fingerprint density at radius 3 is 2.36 bits per heavy atom. The van der Waals surface area contributed by atoms with E-state index in [4.69, 9.17) is 0 Å². The topological polar surface area (TPSA) is 0 Å². The molecule has 0 atom stereocenters. The van der Waals surface area contributed by atoms with Crippen LogP contribution in [0.1, 0.15) is 63.0 Å². The summed E-state index contributed by atoms with van der Waals surface area (Å²) in [4.78, 5) is 0. The molecule has 0 amide bonds. The van der Waals surface area contributed by atoms with Crippen molar-refractivity contribution in [2.75, 3.05) is 0 Å². The molecule has 0 aromatic heterocycles. The summed E-state index contributed by atoms with van der Waals surface area (Å²) in [5.41, 5.74) is 4.55. The van der Waals surface area contributed by atoms with Gasteiger partial charge in [-0.05, 0) is 54.5 Å². The van der Waals surface area contributed by atoms with Gasteiger partial charge in [-0.1, -0.05) is 68.5 Å². The van der Waals surface area contributed by atoms with Crippen molar-refractivity contribution in [3.63, 3.8) is 0 Å². The van der Waals surface area contributed by atoms with E-state index in [0.717, 1.165) is 36.0 Å². The number of hydrogen-bond acceptors (Lipinski definition) is 0. The highest BCUT2D eigenvalue weighted by Crippen LogP contribution is 2.33. The van der Waals surface area contributed by atoms with Crippen LogP contribution in [0.3, 0.4) is 0 Å². The van der Waals surface area contributed by atoms with Gasteiger partial charge >= 0.3 is 0 Å². The molecule has 2 aromatic rings. The molecule has 0 bridgehead atoms. The first-order chi connectivity index (χ1) is 12.2. The third-order valence-corrected chi connectivity index (χ3v) is 5.09. The van der Waals surface area contributed by atoms with E-state index in [1.54, 1.807) is 12.1 Å². The molecular weight excluding hydrogens is 314 g/mol. The van der Waals surface area contributed by atoms with E-state index in [-0.39, 0.29) is 11.6 Å². The lowest BCUT2D eigenvalue weighted by molar-refractivity contribution is 0.602. The molecule has 0 radical (unpaired) electrons. The Hall–Kier alpha value is -1.96. The second-order valence-electron chi connectivity index (χ2n) is 6.97. The zero-order chi connectivity index (χ0) is 17.6. The van der Waals surface area contributed by atoms with Crippen LogP contribution in [0.2, 0.25) is 0 Å². The molecule has 0 N–H and O–H groups in total. The van der Waals surface area contributed by atoms with Crippen LogP contribution in [0.5, 0.6) is 0 Å². The molecule has 25 heavy (non-hydrogen) atoms.